The van der Waals surface area contributed by atoms with E-state index in [1.54, 1.807) is 0 Å². The van der Waals surface area contributed by atoms with Crippen molar-refractivity contribution in [2.24, 2.45) is 17.8 Å². The lowest BCUT2D eigenvalue weighted by Crippen LogP contribution is -2.30. The van der Waals surface area contributed by atoms with E-state index in [1.165, 1.54) is 148 Å². The van der Waals surface area contributed by atoms with Crippen molar-refractivity contribution in [2.45, 2.75) is 362 Å². The number of aliphatic hydroxyl groups excluding tert-OH is 1. The number of esters is 4. The quantitative estimate of drug-likeness (QED) is 0.0222. The van der Waals surface area contributed by atoms with Gasteiger partial charge in [-0.3, -0.25) is 37.3 Å². The molecule has 88 heavy (non-hydrogen) atoms. The molecular formula is C69H134O17P2. The van der Waals surface area contributed by atoms with Crippen molar-refractivity contribution in [1.82, 2.24) is 0 Å². The lowest BCUT2D eigenvalue weighted by Gasteiger charge is -2.21. The summed E-state index contributed by atoms with van der Waals surface area (Å²) in [6.07, 6.45) is 43.4. The topological polar surface area (TPSA) is 237 Å². The van der Waals surface area contributed by atoms with E-state index >= 15 is 0 Å². The van der Waals surface area contributed by atoms with Crippen LogP contribution in [0.2, 0.25) is 0 Å². The van der Waals surface area contributed by atoms with Gasteiger partial charge in [0.1, 0.15) is 19.3 Å². The van der Waals surface area contributed by atoms with Gasteiger partial charge in [0.25, 0.3) is 0 Å². The number of phosphoric ester groups is 2. The van der Waals surface area contributed by atoms with Gasteiger partial charge in [-0.05, 0) is 43.4 Å². The SMILES string of the molecule is CCCCCCCC(=O)OC[C@H](COP(=O)(O)OC[C@H](O)COP(=O)(O)OC[C@@H](COC(=O)CCCCCCCCCCCCCCC(C)C)OC(=O)CCCCCCCCCCCCCCC(C)C)OC(=O)CCCCCCCCCCCCC(C)C. The van der Waals surface area contributed by atoms with Crippen molar-refractivity contribution in [3.05, 3.63) is 0 Å². The smallest absolute Gasteiger partial charge is 0.462 e. The maximum atomic E-state index is 13.0. The third-order valence-electron chi connectivity index (χ3n) is 15.9. The lowest BCUT2D eigenvalue weighted by atomic mass is 10.0. The molecule has 2 unspecified atom stereocenters. The van der Waals surface area contributed by atoms with Crippen LogP contribution in [0.4, 0.5) is 0 Å². The molecule has 19 heteroatoms. The summed E-state index contributed by atoms with van der Waals surface area (Å²) < 4.78 is 68.1. The molecule has 522 valence electrons. The number of rotatable bonds is 67. The zero-order valence-corrected chi connectivity index (χ0v) is 59.0. The molecule has 0 spiro atoms. The van der Waals surface area contributed by atoms with Gasteiger partial charge in [-0.1, -0.05) is 292 Å². The van der Waals surface area contributed by atoms with Gasteiger partial charge < -0.3 is 33.8 Å². The fourth-order valence-corrected chi connectivity index (χ4v) is 11.9. The molecule has 0 aliphatic rings. The van der Waals surface area contributed by atoms with Crippen molar-refractivity contribution in [1.29, 1.82) is 0 Å². The molecule has 0 amide bonds. The zero-order valence-electron chi connectivity index (χ0n) is 57.2. The Bertz CT molecular complexity index is 1730. The van der Waals surface area contributed by atoms with Gasteiger partial charge in [0.2, 0.25) is 0 Å². The van der Waals surface area contributed by atoms with Crippen LogP contribution >= 0.6 is 15.6 Å². The first-order chi connectivity index (χ1) is 42.2. The predicted molar refractivity (Wildman–Crippen MR) is 354 cm³/mol. The second-order valence-electron chi connectivity index (χ2n) is 26.3. The summed E-state index contributed by atoms with van der Waals surface area (Å²) in [5.41, 5.74) is 0. The second kappa shape index (κ2) is 60.0. The summed E-state index contributed by atoms with van der Waals surface area (Å²) in [5.74, 6) is 0.173. The molecule has 0 rings (SSSR count). The predicted octanol–water partition coefficient (Wildman–Crippen LogP) is 19.5. The molecule has 0 heterocycles. The average molecular weight is 1300 g/mol. The van der Waals surface area contributed by atoms with E-state index in [0.717, 1.165) is 114 Å². The fourth-order valence-electron chi connectivity index (χ4n) is 10.4. The number of carbonyl (C=O) groups is 4. The number of aliphatic hydroxyl groups is 1. The van der Waals surface area contributed by atoms with Crippen molar-refractivity contribution in [2.75, 3.05) is 39.6 Å². The molecule has 3 N–H and O–H groups in total. The van der Waals surface area contributed by atoms with E-state index in [0.29, 0.717) is 25.7 Å². The van der Waals surface area contributed by atoms with Gasteiger partial charge in [0, 0.05) is 25.7 Å². The molecule has 5 atom stereocenters. The Balaban J connectivity index is 5.17. The van der Waals surface area contributed by atoms with E-state index in [1.807, 2.05) is 0 Å². The Morgan fingerprint density at radius 2 is 0.523 bits per heavy atom. The molecule has 0 radical (unpaired) electrons. The summed E-state index contributed by atoms with van der Waals surface area (Å²) in [6.45, 7) is 11.8. The lowest BCUT2D eigenvalue weighted by molar-refractivity contribution is -0.161. The minimum absolute atomic E-state index is 0.105. The third-order valence-corrected chi connectivity index (χ3v) is 17.8. The van der Waals surface area contributed by atoms with Gasteiger partial charge in [-0.2, -0.15) is 0 Å². The van der Waals surface area contributed by atoms with E-state index in [9.17, 15) is 43.2 Å². The third kappa shape index (κ3) is 62.8. The van der Waals surface area contributed by atoms with Crippen LogP contribution in [0.1, 0.15) is 344 Å². The van der Waals surface area contributed by atoms with Crippen LogP contribution < -0.4 is 0 Å². The molecule has 0 aliphatic carbocycles. The van der Waals surface area contributed by atoms with Gasteiger partial charge in [0.15, 0.2) is 12.2 Å². The number of hydrogen-bond acceptors (Lipinski definition) is 15. The zero-order chi connectivity index (χ0) is 65.2. The average Bonchev–Trinajstić information content (AvgIpc) is 3.69. The Kier molecular flexibility index (Phi) is 58.7. The van der Waals surface area contributed by atoms with Crippen LogP contribution in [0.5, 0.6) is 0 Å². The van der Waals surface area contributed by atoms with Crippen LogP contribution in [0, 0.1) is 17.8 Å². The minimum atomic E-state index is -4.95. The van der Waals surface area contributed by atoms with Crippen LogP contribution in [-0.4, -0.2) is 96.7 Å². The number of ether oxygens (including phenoxy) is 4. The fraction of sp³-hybridized carbons (Fsp3) is 0.942. The van der Waals surface area contributed by atoms with Crippen LogP contribution in [0.25, 0.3) is 0 Å². The first-order valence-electron chi connectivity index (χ1n) is 35.8. The largest absolute Gasteiger partial charge is 0.472 e. The van der Waals surface area contributed by atoms with E-state index in [2.05, 4.69) is 48.5 Å². The highest BCUT2D eigenvalue weighted by Crippen LogP contribution is 2.45. The van der Waals surface area contributed by atoms with Crippen molar-refractivity contribution < 1.29 is 80.2 Å². The Morgan fingerprint density at radius 1 is 0.307 bits per heavy atom. The Morgan fingerprint density at radius 3 is 0.773 bits per heavy atom. The first kappa shape index (κ1) is 86.1. The molecule has 0 aliphatic heterocycles. The van der Waals surface area contributed by atoms with Gasteiger partial charge in [0.05, 0.1) is 26.4 Å². The summed E-state index contributed by atoms with van der Waals surface area (Å²) in [4.78, 5) is 72.2. The Hall–Kier alpha value is -1.94. The highest BCUT2D eigenvalue weighted by Gasteiger charge is 2.30. The van der Waals surface area contributed by atoms with Gasteiger partial charge >= 0.3 is 39.5 Å². The van der Waals surface area contributed by atoms with Crippen LogP contribution in [-0.2, 0) is 65.4 Å². The summed E-state index contributed by atoms with van der Waals surface area (Å²) in [7, 11) is -9.89. The highest BCUT2D eigenvalue weighted by molar-refractivity contribution is 7.47. The molecule has 0 aromatic carbocycles. The van der Waals surface area contributed by atoms with Crippen LogP contribution in [0.15, 0.2) is 0 Å². The minimum Gasteiger partial charge on any atom is -0.462 e. The maximum Gasteiger partial charge on any atom is 0.472 e. The number of phosphoric acid groups is 2. The van der Waals surface area contributed by atoms with E-state index < -0.39 is 97.5 Å². The molecular weight excluding hydrogens is 1160 g/mol. The standard InChI is InChI=1S/C69H134O17P2/c1-8-9-10-33-43-50-66(71)79-56-64(85-68(73)53-46-39-32-26-20-19-23-29-36-42-49-62(6)7)58-83-87(75,76)81-54-63(70)55-82-88(77,78)84-59-65(86-69(74)52-45-38-31-25-18-14-12-16-22-28-35-41-48-61(4)5)57-80-67(72)51-44-37-30-24-17-13-11-15-21-27-34-40-47-60(2)3/h60-65,70H,8-59H2,1-7H3,(H,75,76)(H,77,78)/t63-,64+,65+/m0/s1. The molecule has 0 aromatic rings. The molecule has 0 bridgehead atoms. The number of carbonyl (C=O) groups excluding carboxylic acids is 4. The van der Waals surface area contributed by atoms with Gasteiger partial charge in [-0.15, -0.1) is 0 Å². The number of hydrogen-bond donors (Lipinski definition) is 3. The number of unbranched alkanes of at least 4 members (excludes halogenated alkanes) is 35. The normalized spacial score (nSPS) is 14.2. The van der Waals surface area contributed by atoms with Crippen molar-refractivity contribution >= 4 is 39.5 Å². The molecule has 17 nitrogen and oxygen atoms in total. The molecule has 0 saturated carbocycles. The summed E-state index contributed by atoms with van der Waals surface area (Å²) >= 11 is 0. The van der Waals surface area contributed by atoms with Crippen LogP contribution in [0.3, 0.4) is 0 Å². The Labute approximate surface area is 537 Å². The maximum absolute atomic E-state index is 13.0. The first-order valence-corrected chi connectivity index (χ1v) is 38.8. The van der Waals surface area contributed by atoms with E-state index in [-0.39, 0.29) is 25.7 Å². The molecule has 0 saturated heterocycles. The van der Waals surface area contributed by atoms with Gasteiger partial charge in [-0.25, -0.2) is 9.13 Å². The molecule has 0 fully saturated rings. The highest BCUT2D eigenvalue weighted by atomic mass is 31.2. The molecule has 0 aromatic heterocycles. The van der Waals surface area contributed by atoms with Crippen molar-refractivity contribution in [3.63, 3.8) is 0 Å². The summed E-state index contributed by atoms with van der Waals surface area (Å²) in [6, 6.07) is 0. The van der Waals surface area contributed by atoms with E-state index in [4.69, 9.17) is 37.0 Å². The second-order valence-corrected chi connectivity index (χ2v) is 29.3. The monoisotopic (exact) mass is 1300 g/mol. The summed E-state index contributed by atoms with van der Waals surface area (Å²) in [5, 5.41) is 10.6. The van der Waals surface area contributed by atoms with Crippen molar-refractivity contribution in [3.8, 4) is 0 Å².